The Hall–Kier alpha value is -1.28. The van der Waals surface area contributed by atoms with Gasteiger partial charge in [-0.2, -0.15) is 0 Å². The maximum atomic E-state index is 11.1. The molecular weight excluding hydrogens is 232 g/mol. The predicted molar refractivity (Wildman–Crippen MR) is 55.9 cm³/mol. The summed E-state index contributed by atoms with van der Waals surface area (Å²) in [5, 5.41) is 36.6. The molecule has 0 radical (unpaired) electrons. The molecule has 4 atom stereocenters. The van der Waals surface area contributed by atoms with E-state index >= 15 is 0 Å². The SMILES string of the molecule is C=CC(=O)O[C@@H](C(C)=O)[C@@H](O)[C@H](O)[C@H](O)CO. The van der Waals surface area contributed by atoms with Crippen LogP contribution in [0.2, 0.25) is 0 Å². The average Bonchev–Trinajstić information content (AvgIpc) is 2.32. The van der Waals surface area contributed by atoms with E-state index in [1.165, 1.54) is 0 Å². The molecule has 98 valence electrons. The van der Waals surface area contributed by atoms with Crippen molar-refractivity contribution >= 4 is 11.8 Å². The lowest BCUT2D eigenvalue weighted by molar-refractivity contribution is -0.167. The molecule has 0 saturated carbocycles. The molecule has 0 heterocycles. The highest BCUT2D eigenvalue weighted by molar-refractivity contribution is 5.87. The van der Waals surface area contributed by atoms with Crippen molar-refractivity contribution in [2.24, 2.45) is 0 Å². The number of hydrogen-bond acceptors (Lipinski definition) is 7. The molecule has 0 amide bonds. The number of ketones is 1. The predicted octanol–water partition coefficient (Wildman–Crippen LogP) is -2.25. The Kier molecular flexibility index (Phi) is 6.59. The van der Waals surface area contributed by atoms with Crippen LogP contribution in [-0.4, -0.2) is 63.2 Å². The number of carbonyl (C=O) groups is 2. The van der Waals surface area contributed by atoms with Crippen LogP contribution in [0, 0.1) is 0 Å². The van der Waals surface area contributed by atoms with Crippen LogP contribution < -0.4 is 0 Å². The summed E-state index contributed by atoms with van der Waals surface area (Å²) in [6.45, 7) is 3.35. The van der Waals surface area contributed by atoms with E-state index in [9.17, 15) is 19.8 Å². The molecule has 0 bridgehead atoms. The van der Waals surface area contributed by atoms with Gasteiger partial charge in [0.15, 0.2) is 11.9 Å². The van der Waals surface area contributed by atoms with Crippen molar-refractivity contribution in [3.63, 3.8) is 0 Å². The summed E-state index contributed by atoms with van der Waals surface area (Å²) in [5.41, 5.74) is 0. The highest BCUT2D eigenvalue weighted by Crippen LogP contribution is 2.10. The summed E-state index contributed by atoms with van der Waals surface area (Å²) < 4.78 is 4.53. The summed E-state index contributed by atoms with van der Waals surface area (Å²) in [4.78, 5) is 22.0. The standard InChI is InChI=1S/C10H16O7/c1-3-7(14)17-10(5(2)12)9(16)8(15)6(13)4-11/h3,6,8-11,13,15-16H,1,4H2,2H3/t6-,8-,9+,10+/m1/s1. The smallest absolute Gasteiger partial charge is 0.330 e. The maximum absolute atomic E-state index is 11.1. The lowest BCUT2D eigenvalue weighted by Gasteiger charge is -2.26. The quantitative estimate of drug-likeness (QED) is 0.296. The molecule has 0 spiro atoms. The normalized spacial score (nSPS) is 17.7. The monoisotopic (exact) mass is 248 g/mol. The van der Waals surface area contributed by atoms with Gasteiger partial charge in [0.2, 0.25) is 0 Å². The molecular formula is C10H16O7. The van der Waals surface area contributed by atoms with Gasteiger partial charge in [0.25, 0.3) is 0 Å². The molecule has 0 unspecified atom stereocenters. The van der Waals surface area contributed by atoms with E-state index in [0.717, 1.165) is 13.0 Å². The summed E-state index contributed by atoms with van der Waals surface area (Å²) in [6, 6.07) is 0. The molecule has 0 aromatic heterocycles. The molecule has 4 N–H and O–H groups in total. The Bertz CT molecular complexity index is 288. The highest BCUT2D eigenvalue weighted by Gasteiger charge is 2.36. The lowest BCUT2D eigenvalue weighted by Crippen LogP contribution is -2.49. The Morgan fingerprint density at radius 1 is 1.29 bits per heavy atom. The first-order chi connectivity index (χ1) is 7.84. The number of hydrogen-bond donors (Lipinski definition) is 4. The Morgan fingerprint density at radius 3 is 2.18 bits per heavy atom. The van der Waals surface area contributed by atoms with E-state index < -0.39 is 42.8 Å². The van der Waals surface area contributed by atoms with Crippen LogP contribution >= 0.6 is 0 Å². The first-order valence-electron chi connectivity index (χ1n) is 4.83. The van der Waals surface area contributed by atoms with E-state index in [-0.39, 0.29) is 0 Å². The van der Waals surface area contributed by atoms with E-state index in [0.29, 0.717) is 0 Å². The van der Waals surface area contributed by atoms with Gasteiger partial charge < -0.3 is 25.2 Å². The second-order valence-electron chi connectivity index (χ2n) is 3.40. The Morgan fingerprint density at radius 2 is 1.82 bits per heavy atom. The van der Waals surface area contributed by atoms with Crippen molar-refractivity contribution < 1.29 is 34.8 Å². The molecule has 7 nitrogen and oxygen atoms in total. The zero-order valence-electron chi connectivity index (χ0n) is 9.31. The van der Waals surface area contributed by atoms with Gasteiger partial charge in [0.1, 0.15) is 18.3 Å². The number of aliphatic hydroxyl groups is 4. The van der Waals surface area contributed by atoms with Crippen molar-refractivity contribution in [2.45, 2.75) is 31.3 Å². The van der Waals surface area contributed by atoms with E-state index in [1.54, 1.807) is 0 Å². The molecule has 17 heavy (non-hydrogen) atoms. The fourth-order valence-electron chi connectivity index (χ4n) is 1.08. The summed E-state index contributed by atoms with van der Waals surface area (Å²) >= 11 is 0. The minimum atomic E-state index is -1.83. The minimum Gasteiger partial charge on any atom is -0.448 e. The fourth-order valence-corrected chi connectivity index (χ4v) is 1.08. The third-order valence-electron chi connectivity index (χ3n) is 2.05. The first-order valence-corrected chi connectivity index (χ1v) is 4.83. The first kappa shape index (κ1) is 15.7. The summed E-state index contributed by atoms with van der Waals surface area (Å²) in [6.07, 6.45) is -6.13. The number of carbonyl (C=O) groups excluding carboxylic acids is 2. The molecule has 7 heteroatoms. The van der Waals surface area contributed by atoms with Gasteiger partial charge in [-0.3, -0.25) is 4.79 Å². The third kappa shape index (κ3) is 4.61. The molecule has 0 aliphatic heterocycles. The topological polar surface area (TPSA) is 124 Å². The molecule has 0 aliphatic rings. The van der Waals surface area contributed by atoms with Crippen molar-refractivity contribution in [3.05, 3.63) is 12.7 Å². The maximum Gasteiger partial charge on any atom is 0.330 e. The summed E-state index contributed by atoms with van der Waals surface area (Å²) in [5.74, 6) is -1.66. The van der Waals surface area contributed by atoms with Crippen molar-refractivity contribution in [3.8, 4) is 0 Å². The zero-order chi connectivity index (χ0) is 13.6. The van der Waals surface area contributed by atoms with Crippen LogP contribution in [0.4, 0.5) is 0 Å². The third-order valence-corrected chi connectivity index (χ3v) is 2.05. The van der Waals surface area contributed by atoms with Gasteiger partial charge in [0, 0.05) is 6.08 Å². The molecule has 0 aromatic carbocycles. The van der Waals surface area contributed by atoms with Crippen LogP contribution in [0.25, 0.3) is 0 Å². The van der Waals surface area contributed by atoms with Gasteiger partial charge in [-0.15, -0.1) is 0 Å². The number of esters is 1. The fraction of sp³-hybridized carbons (Fsp3) is 0.600. The van der Waals surface area contributed by atoms with Crippen LogP contribution in [0.5, 0.6) is 0 Å². The van der Waals surface area contributed by atoms with E-state index in [1.807, 2.05) is 0 Å². The molecule has 0 saturated heterocycles. The Labute approximate surface area is 97.9 Å². The van der Waals surface area contributed by atoms with Gasteiger partial charge in [-0.25, -0.2) is 4.79 Å². The number of ether oxygens (including phenoxy) is 1. The van der Waals surface area contributed by atoms with Crippen LogP contribution in [-0.2, 0) is 14.3 Å². The van der Waals surface area contributed by atoms with Crippen molar-refractivity contribution in [1.82, 2.24) is 0 Å². The second kappa shape index (κ2) is 7.13. The van der Waals surface area contributed by atoms with Gasteiger partial charge >= 0.3 is 5.97 Å². The van der Waals surface area contributed by atoms with Crippen LogP contribution in [0.15, 0.2) is 12.7 Å². The van der Waals surface area contributed by atoms with Crippen LogP contribution in [0.1, 0.15) is 6.92 Å². The average molecular weight is 248 g/mol. The molecule has 0 rings (SSSR count). The van der Waals surface area contributed by atoms with Gasteiger partial charge in [0.05, 0.1) is 6.61 Å². The van der Waals surface area contributed by atoms with E-state index in [4.69, 9.17) is 10.2 Å². The number of rotatable bonds is 7. The highest BCUT2D eigenvalue weighted by atomic mass is 16.6. The Balaban J connectivity index is 4.75. The van der Waals surface area contributed by atoms with Crippen molar-refractivity contribution in [2.75, 3.05) is 6.61 Å². The van der Waals surface area contributed by atoms with Crippen LogP contribution in [0.3, 0.4) is 0 Å². The number of aliphatic hydroxyl groups excluding tert-OH is 4. The van der Waals surface area contributed by atoms with Crippen molar-refractivity contribution in [1.29, 1.82) is 0 Å². The number of Topliss-reactive ketones (excluding diaryl/α,β-unsaturated/α-hetero) is 1. The molecule has 0 fully saturated rings. The minimum absolute atomic E-state index is 0.711. The zero-order valence-corrected chi connectivity index (χ0v) is 9.31. The largest absolute Gasteiger partial charge is 0.448 e. The molecule has 0 aromatic rings. The van der Waals surface area contributed by atoms with Gasteiger partial charge in [-0.05, 0) is 6.92 Å². The summed E-state index contributed by atoms with van der Waals surface area (Å²) in [7, 11) is 0. The molecule has 0 aliphatic carbocycles. The lowest BCUT2D eigenvalue weighted by atomic mass is 10.0. The van der Waals surface area contributed by atoms with E-state index in [2.05, 4.69) is 11.3 Å². The van der Waals surface area contributed by atoms with Gasteiger partial charge in [-0.1, -0.05) is 6.58 Å². The second-order valence-corrected chi connectivity index (χ2v) is 3.40.